The molecule has 3 rings (SSSR count). The van der Waals surface area contributed by atoms with Gasteiger partial charge in [0.05, 0.1) is 13.2 Å². The number of hydrogen-bond donors (Lipinski definition) is 4. The standard InChI is InChI=1S/C18H23N4O8P/c1-27-15(23)9-21-31(26,30-12-5-3-2-4-6-12)28-10-13-7-8-14(29-13)22-11-20-16(17(19)24)18(22)25/h2-6,11,13-14,21,26H,7-10H2,1H3,(H2-,19,24,25)/p+1. The Morgan fingerprint density at radius 1 is 1.35 bits per heavy atom. The lowest BCUT2D eigenvalue weighted by Gasteiger charge is -2.19. The normalized spacial score (nSPS) is 20.2. The number of esters is 1. The highest BCUT2D eigenvalue weighted by molar-refractivity contribution is 7.58. The monoisotopic (exact) mass is 455 g/mol. The van der Waals surface area contributed by atoms with E-state index in [1.54, 1.807) is 30.3 Å². The topological polar surface area (TPSA) is 167 Å². The third-order valence-corrected chi connectivity index (χ3v) is 5.97. The maximum atomic E-state index is 11.5. The number of imidazole rings is 1. The highest BCUT2D eigenvalue weighted by Gasteiger charge is 2.45. The van der Waals surface area contributed by atoms with Gasteiger partial charge in [-0.1, -0.05) is 23.3 Å². The fraction of sp³-hybridized carbons (Fsp3) is 0.389. The Kier molecular flexibility index (Phi) is 7.42. The number of aromatic nitrogens is 2. The molecule has 5 N–H and O–H groups in total. The Bertz CT molecular complexity index is 911. The van der Waals surface area contributed by atoms with Crippen LogP contribution in [-0.2, 0) is 18.8 Å². The summed E-state index contributed by atoms with van der Waals surface area (Å²) in [5.41, 5.74) is 4.92. The number of hydrogen-bond acceptors (Lipinski definition) is 10. The van der Waals surface area contributed by atoms with Crippen LogP contribution >= 0.6 is 8.09 Å². The summed E-state index contributed by atoms with van der Waals surface area (Å²) in [6.07, 6.45) is 1.27. The predicted molar refractivity (Wildman–Crippen MR) is 108 cm³/mol. The summed E-state index contributed by atoms with van der Waals surface area (Å²) in [6, 6.07) is 8.50. The van der Waals surface area contributed by atoms with Gasteiger partial charge in [-0.2, -0.15) is 9.42 Å². The van der Waals surface area contributed by atoms with Crippen molar-refractivity contribution in [2.45, 2.75) is 25.2 Å². The molecule has 31 heavy (non-hydrogen) atoms. The van der Waals surface area contributed by atoms with Gasteiger partial charge in [-0.25, -0.2) is 4.98 Å². The van der Waals surface area contributed by atoms with Crippen molar-refractivity contribution in [2.24, 2.45) is 5.73 Å². The first-order valence-electron chi connectivity index (χ1n) is 9.35. The number of methoxy groups -OCH3 is 1. The van der Waals surface area contributed by atoms with Crippen LogP contribution in [0, 0.1) is 0 Å². The number of nitrogens with one attached hydrogen (secondary N) is 1. The maximum Gasteiger partial charge on any atom is 0.544 e. The lowest BCUT2D eigenvalue weighted by molar-refractivity contribution is -0.139. The van der Waals surface area contributed by atoms with Gasteiger partial charge in [0, 0.05) is 0 Å². The van der Waals surface area contributed by atoms with Crippen molar-refractivity contribution in [1.82, 2.24) is 14.6 Å². The van der Waals surface area contributed by atoms with Crippen LogP contribution in [0.1, 0.15) is 29.6 Å². The number of ether oxygens (including phenoxy) is 2. The van der Waals surface area contributed by atoms with E-state index in [4.69, 9.17) is 19.5 Å². The van der Waals surface area contributed by atoms with Crippen LogP contribution in [0.25, 0.3) is 0 Å². The van der Waals surface area contributed by atoms with Crippen LogP contribution in [0.2, 0.25) is 0 Å². The Morgan fingerprint density at radius 3 is 2.74 bits per heavy atom. The van der Waals surface area contributed by atoms with E-state index in [1.807, 2.05) is 0 Å². The van der Waals surface area contributed by atoms with Gasteiger partial charge in [0.1, 0.15) is 25.7 Å². The summed E-state index contributed by atoms with van der Waals surface area (Å²) in [5, 5.41) is 12.7. The summed E-state index contributed by atoms with van der Waals surface area (Å²) in [5.74, 6) is -1.48. The molecule has 1 aliphatic rings. The number of benzene rings is 1. The minimum absolute atomic E-state index is 0.0556. The Morgan fingerprint density at radius 2 is 2.10 bits per heavy atom. The zero-order valence-electron chi connectivity index (χ0n) is 16.7. The van der Waals surface area contributed by atoms with E-state index in [0.29, 0.717) is 18.6 Å². The molecular formula is C18H24N4O8P+. The van der Waals surface area contributed by atoms with E-state index in [-0.39, 0.29) is 24.7 Å². The average Bonchev–Trinajstić information content (AvgIpc) is 3.37. The lowest BCUT2D eigenvalue weighted by atomic mass is 10.2. The molecule has 0 aliphatic carbocycles. The van der Waals surface area contributed by atoms with Gasteiger partial charge in [0.15, 0.2) is 11.4 Å². The molecule has 0 radical (unpaired) electrons. The molecule has 1 fully saturated rings. The van der Waals surface area contributed by atoms with Crippen LogP contribution in [0.4, 0.5) is 0 Å². The predicted octanol–water partition coefficient (Wildman–Crippen LogP) is 0.893. The Hall–Kier alpha value is -2.76. The summed E-state index contributed by atoms with van der Waals surface area (Å²) in [6.45, 7) is -0.375. The number of carbonyl (C=O) groups excluding carboxylic acids is 2. The molecule has 12 nitrogen and oxygen atoms in total. The van der Waals surface area contributed by atoms with Crippen molar-refractivity contribution in [2.75, 3.05) is 20.3 Å². The quantitative estimate of drug-likeness (QED) is 0.298. The van der Waals surface area contributed by atoms with Gasteiger partial charge in [-0.3, -0.25) is 18.7 Å². The van der Waals surface area contributed by atoms with Crippen LogP contribution in [-0.4, -0.2) is 57.8 Å². The molecule has 168 valence electrons. The van der Waals surface area contributed by atoms with Crippen molar-refractivity contribution in [3.8, 4) is 11.6 Å². The number of aromatic hydroxyl groups is 1. The molecule has 1 amide bonds. The lowest BCUT2D eigenvalue weighted by Crippen LogP contribution is -2.30. The second-order valence-corrected chi connectivity index (χ2v) is 8.41. The van der Waals surface area contributed by atoms with Gasteiger partial charge >= 0.3 is 14.1 Å². The molecule has 0 spiro atoms. The van der Waals surface area contributed by atoms with Gasteiger partial charge in [0.25, 0.3) is 5.91 Å². The van der Waals surface area contributed by atoms with E-state index >= 15 is 0 Å². The SMILES string of the molecule is COC(=O)CN[P+](O)(OCC1CCC(n2cnc(C(N)=O)c2O)O1)Oc1ccccc1. The van der Waals surface area contributed by atoms with E-state index in [2.05, 4.69) is 14.8 Å². The van der Waals surface area contributed by atoms with Gasteiger partial charge in [0.2, 0.25) is 5.88 Å². The summed E-state index contributed by atoms with van der Waals surface area (Å²) in [4.78, 5) is 37.4. The van der Waals surface area contributed by atoms with E-state index in [1.165, 1.54) is 18.0 Å². The number of carbonyl (C=O) groups is 2. The van der Waals surface area contributed by atoms with Crippen LogP contribution in [0.5, 0.6) is 11.6 Å². The van der Waals surface area contributed by atoms with E-state index < -0.39 is 32.3 Å². The summed E-state index contributed by atoms with van der Waals surface area (Å²) < 4.78 is 22.9. The van der Waals surface area contributed by atoms with Crippen LogP contribution in [0.3, 0.4) is 0 Å². The minimum Gasteiger partial charge on any atom is -0.493 e. The van der Waals surface area contributed by atoms with Gasteiger partial charge < -0.3 is 20.3 Å². The molecular weight excluding hydrogens is 431 g/mol. The Labute approximate surface area is 178 Å². The van der Waals surface area contributed by atoms with Crippen LogP contribution < -0.4 is 15.3 Å². The van der Waals surface area contributed by atoms with E-state index in [0.717, 1.165) is 0 Å². The molecule has 13 heteroatoms. The van der Waals surface area contributed by atoms with E-state index in [9.17, 15) is 19.6 Å². The number of nitrogens with two attached hydrogens (primary N) is 1. The van der Waals surface area contributed by atoms with Crippen molar-refractivity contribution in [3.05, 3.63) is 42.4 Å². The third-order valence-electron chi connectivity index (χ3n) is 4.46. The second-order valence-electron chi connectivity index (χ2n) is 6.61. The second kappa shape index (κ2) is 10.0. The molecule has 0 bridgehead atoms. The molecule has 1 saturated heterocycles. The molecule has 1 aromatic heterocycles. The smallest absolute Gasteiger partial charge is 0.493 e. The van der Waals surface area contributed by atoms with Crippen LogP contribution in [0.15, 0.2) is 36.7 Å². The highest BCUT2D eigenvalue weighted by atomic mass is 31.2. The molecule has 3 atom stereocenters. The zero-order chi connectivity index (χ0) is 22.4. The fourth-order valence-corrected chi connectivity index (χ4v) is 4.22. The summed E-state index contributed by atoms with van der Waals surface area (Å²) >= 11 is 0. The number of para-hydroxylation sites is 1. The fourth-order valence-electron chi connectivity index (χ4n) is 2.90. The molecule has 0 saturated carbocycles. The third kappa shape index (κ3) is 5.90. The first-order chi connectivity index (χ1) is 14.8. The number of primary amides is 1. The number of rotatable bonds is 10. The molecule has 3 unspecified atom stereocenters. The van der Waals surface area contributed by atoms with Crippen molar-refractivity contribution in [3.63, 3.8) is 0 Å². The number of amides is 1. The minimum atomic E-state index is -3.68. The molecule has 1 aliphatic heterocycles. The largest absolute Gasteiger partial charge is 0.544 e. The Balaban J connectivity index is 1.61. The van der Waals surface area contributed by atoms with Gasteiger partial charge in [-0.05, 0) is 25.0 Å². The van der Waals surface area contributed by atoms with Crippen molar-refractivity contribution < 1.29 is 38.1 Å². The first kappa shape index (κ1) is 22.9. The molecule has 2 aromatic rings. The maximum absolute atomic E-state index is 11.5. The van der Waals surface area contributed by atoms with Crippen molar-refractivity contribution >= 4 is 20.0 Å². The first-order valence-corrected chi connectivity index (χ1v) is 10.9. The van der Waals surface area contributed by atoms with Crippen molar-refractivity contribution in [1.29, 1.82) is 0 Å². The van der Waals surface area contributed by atoms with Gasteiger partial charge in [-0.15, -0.1) is 0 Å². The zero-order valence-corrected chi connectivity index (χ0v) is 17.6. The molecule has 2 heterocycles. The average molecular weight is 455 g/mol. The summed E-state index contributed by atoms with van der Waals surface area (Å²) in [7, 11) is -2.46. The number of nitrogens with zero attached hydrogens (tertiary/aromatic N) is 2. The molecule has 1 aromatic carbocycles. The highest BCUT2D eigenvalue weighted by Crippen LogP contribution is 2.52.